The molecular formula is C15H31N3O. The minimum absolute atomic E-state index is 0.0922. The van der Waals surface area contributed by atoms with Crippen LogP contribution in [0.1, 0.15) is 52.9 Å². The van der Waals surface area contributed by atoms with E-state index in [0.29, 0.717) is 6.04 Å². The molecule has 2 N–H and O–H groups in total. The second-order valence-electron chi connectivity index (χ2n) is 5.60. The number of hydrogen-bond acceptors (Lipinski definition) is 3. The molecule has 0 aromatic heterocycles. The van der Waals surface area contributed by atoms with E-state index in [0.717, 1.165) is 25.9 Å². The monoisotopic (exact) mass is 269 g/mol. The standard InChI is InChI=1S/C15H31N3O/c1-4-14(5-2)17-15(19)13(3)16-9-12-18-10-7-6-8-11-18/h13-14,16H,4-12H2,1-3H3,(H,17,19). The van der Waals surface area contributed by atoms with Crippen molar-refractivity contribution >= 4 is 5.91 Å². The van der Waals surface area contributed by atoms with Gasteiger partial charge in [-0.1, -0.05) is 20.3 Å². The average molecular weight is 269 g/mol. The number of nitrogens with one attached hydrogen (secondary N) is 2. The number of hydrogen-bond donors (Lipinski definition) is 2. The summed E-state index contributed by atoms with van der Waals surface area (Å²) in [6.07, 6.45) is 6.03. The predicted octanol–water partition coefficient (Wildman–Crippen LogP) is 1.76. The van der Waals surface area contributed by atoms with Gasteiger partial charge < -0.3 is 15.5 Å². The molecule has 1 unspecified atom stereocenters. The highest BCUT2D eigenvalue weighted by Gasteiger charge is 2.16. The van der Waals surface area contributed by atoms with Crippen LogP contribution < -0.4 is 10.6 Å². The topological polar surface area (TPSA) is 44.4 Å². The van der Waals surface area contributed by atoms with Crippen LogP contribution in [0.25, 0.3) is 0 Å². The molecule has 0 saturated carbocycles. The number of likely N-dealkylation sites (tertiary alicyclic amines) is 1. The number of carbonyl (C=O) groups excluding carboxylic acids is 1. The SMILES string of the molecule is CCC(CC)NC(=O)C(C)NCCN1CCCCC1. The van der Waals surface area contributed by atoms with Gasteiger partial charge in [0.25, 0.3) is 0 Å². The summed E-state index contributed by atoms with van der Waals surface area (Å²) in [7, 11) is 0. The molecule has 19 heavy (non-hydrogen) atoms. The van der Waals surface area contributed by atoms with Crippen molar-refractivity contribution in [3.8, 4) is 0 Å². The summed E-state index contributed by atoms with van der Waals surface area (Å²) in [5.74, 6) is 0.132. The lowest BCUT2D eigenvalue weighted by Crippen LogP contribution is -2.48. The van der Waals surface area contributed by atoms with E-state index in [1.807, 2.05) is 6.92 Å². The highest BCUT2D eigenvalue weighted by Crippen LogP contribution is 2.07. The normalized spacial score (nSPS) is 18.5. The van der Waals surface area contributed by atoms with Crippen molar-refractivity contribution in [3.63, 3.8) is 0 Å². The summed E-state index contributed by atoms with van der Waals surface area (Å²) in [4.78, 5) is 14.5. The largest absolute Gasteiger partial charge is 0.352 e. The van der Waals surface area contributed by atoms with Crippen LogP contribution in [-0.4, -0.2) is 49.1 Å². The van der Waals surface area contributed by atoms with Gasteiger partial charge in [0.1, 0.15) is 0 Å². The third-order valence-electron chi connectivity index (χ3n) is 4.05. The third kappa shape index (κ3) is 6.39. The maximum absolute atomic E-state index is 12.0. The Morgan fingerprint density at radius 2 is 1.79 bits per heavy atom. The van der Waals surface area contributed by atoms with Crippen LogP contribution in [-0.2, 0) is 4.79 Å². The molecule has 0 bridgehead atoms. The van der Waals surface area contributed by atoms with Gasteiger partial charge in [0.2, 0.25) is 5.91 Å². The lowest BCUT2D eigenvalue weighted by atomic mass is 10.1. The zero-order valence-corrected chi connectivity index (χ0v) is 12.9. The second kappa shape index (κ2) is 9.32. The molecule has 1 aliphatic rings. The third-order valence-corrected chi connectivity index (χ3v) is 4.05. The number of amides is 1. The van der Waals surface area contributed by atoms with Crippen LogP contribution in [0.3, 0.4) is 0 Å². The van der Waals surface area contributed by atoms with Gasteiger partial charge in [-0.2, -0.15) is 0 Å². The van der Waals surface area contributed by atoms with Gasteiger partial charge in [0.15, 0.2) is 0 Å². The van der Waals surface area contributed by atoms with E-state index < -0.39 is 0 Å². The highest BCUT2D eigenvalue weighted by atomic mass is 16.2. The number of piperidine rings is 1. The first-order chi connectivity index (χ1) is 9.17. The van der Waals surface area contributed by atoms with E-state index in [1.54, 1.807) is 0 Å². The first-order valence-electron chi connectivity index (χ1n) is 7.93. The summed E-state index contributed by atoms with van der Waals surface area (Å²) in [6.45, 7) is 10.6. The summed E-state index contributed by atoms with van der Waals surface area (Å²) in [6, 6.07) is 0.226. The minimum Gasteiger partial charge on any atom is -0.352 e. The molecule has 1 rings (SSSR count). The molecule has 0 spiro atoms. The fourth-order valence-electron chi connectivity index (χ4n) is 2.53. The van der Waals surface area contributed by atoms with E-state index in [4.69, 9.17) is 0 Å². The van der Waals surface area contributed by atoms with Crippen molar-refractivity contribution in [1.82, 2.24) is 15.5 Å². The van der Waals surface area contributed by atoms with Crippen molar-refractivity contribution in [2.24, 2.45) is 0 Å². The maximum atomic E-state index is 12.0. The van der Waals surface area contributed by atoms with Gasteiger partial charge in [-0.25, -0.2) is 0 Å². The molecule has 4 heteroatoms. The summed E-state index contributed by atoms with van der Waals surface area (Å²) >= 11 is 0. The molecule has 112 valence electrons. The molecule has 1 saturated heterocycles. The highest BCUT2D eigenvalue weighted by molar-refractivity contribution is 5.81. The molecule has 1 atom stereocenters. The molecule has 0 radical (unpaired) electrons. The number of rotatable bonds is 8. The Hall–Kier alpha value is -0.610. The van der Waals surface area contributed by atoms with Crippen LogP contribution in [0.5, 0.6) is 0 Å². The van der Waals surface area contributed by atoms with Crippen molar-refractivity contribution in [2.45, 2.75) is 65.0 Å². The molecule has 0 aliphatic carbocycles. The Morgan fingerprint density at radius 1 is 1.16 bits per heavy atom. The van der Waals surface area contributed by atoms with Crippen LogP contribution in [0.15, 0.2) is 0 Å². The molecule has 0 aromatic rings. The van der Waals surface area contributed by atoms with Gasteiger partial charge in [-0.3, -0.25) is 4.79 Å². The van der Waals surface area contributed by atoms with Gasteiger partial charge in [0.05, 0.1) is 6.04 Å². The summed E-state index contributed by atoms with van der Waals surface area (Å²) < 4.78 is 0. The van der Waals surface area contributed by atoms with Crippen molar-refractivity contribution in [1.29, 1.82) is 0 Å². The molecule has 1 aliphatic heterocycles. The zero-order valence-electron chi connectivity index (χ0n) is 12.9. The zero-order chi connectivity index (χ0) is 14.1. The Bertz CT molecular complexity index is 248. The maximum Gasteiger partial charge on any atom is 0.237 e. The first kappa shape index (κ1) is 16.4. The molecule has 1 fully saturated rings. The van der Waals surface area contributed by atoms with E-state index in [-0.39, 0.29) is 11.9 Å². The van der Waals surface area contributed by atoms with Crippen LogP contribution in [0.4, 0.5) is 0 Å². The first-order valence-corrected chi connectivity index (χ1v) is 7.93. The van der Waals surface area contributed by atoms with Crippen molar-refractivity contribution < 1.29 is 4.79 Å². The van der Waals surface area contributed by atoms with Crippen molar-refractivity contribution in [3.05, 3.63) is 0 Å². The lowest BCUT2D eigenvalue weighted by molar-refractivity contribution is -0.123. The Kier molecular flexibility index (Phi) is 8.07. The smallest absolute Gasteiger partial charge is 0.237 e. The van der Waals surface area contributed by atoms with E-state index in [9.17, 15) is 4.79 Å². The minimum atomic E-state index is -0.0922. The summed E-state index contributed by atoms with van der Waals surface area (Å²) in [5, 5.41) is 6.42. The van der Waals surface area contributed by atoms with Crippen molar-refractivity contribution in [2.75, 3.05) is 26.2 Å². The Balaban J connectivity index is 2.15. The van der Waals surface area contributed by atoms with Crippen LogP contribution in [0.2, 0.25) is 0 Å². The summed E-state index contributed by atoms with van der Waals surface area (Å²) in [5.41, 5.74) is 0. The van der Waals surface area contributed by atoms with E-state index in [2.05, 4.69) is 29.4 Å². The fourth-order valence-corrected chi connectivity index (χ4v) is 2.53. The second-order valence-corrected chi connectivity index (χ2v) is 5.60. The number of nitrogens with zero attached hydrogens (tertiary/aromatic N) is 1. The fraction of sp³-hybridized carbons (Fsp3) is 0.933. The number of carbonyl (C=O) groups is 1. The molecule has 0 aromatic carbocycles. The Morgan fingerprint density at radius 3 is 2.37 bits per heavy atom. The van der Waals surface area contributed by atoms with Crippen LogP contribution >= 0.6 is 0 Å². The molecule has 1 heterocycles. The van der Waals surface area contributed by atoms with Gasteiger partial charge in [-0.15, -0.1) is 0 Å². The van der Waals surface area contributed by atoms with E-state index >= 15 is 0 Å². The molecule has 4 nitrogen and oxygen atoms in total. The quantitative estimate of drug-likeness (QED) is 0.706. The van der Waals surface area contributed by atoms with Gasteiger partial charge >= 0.3 is 0 Å². The van der Waals surface area contributed by atoms with Gasteiger partial charge in [-0.05, 0) is 45.7 Å². The Labute approximate surface area is 118 Å². The van der Waals surface area contributed by atoms with E-state index in [1.165, 1.54) is 32.4 Å². The predicted molar refractivity (Wildman–Crippen MR) is 80.3 cm³/mol. The average Bonchev–Trinajstić information content (AvgIpc) is 2.45. The lowest BCUT2D eigenvalue weighted by Gasteiger charge is -2.27. The van der Waals surface area contributed by atoms with Gasteiger partial charge in [0, 0.05) is 19.1 Å². The molecular weight excluding hydrogens is 238 g/mol. The molecule has 1 amide bonds. The van der Waals surface area contributed by atoms with Crippen LogP contribution in [0, 0.1) is 0 Å².